The number of hydrogen-bond acceptors (Lipinski definition) is 2. The van der Waals surface area contributed by atoms with E-state index in [0.29, 0.717) is 0 Å². The molecule has 0 N–H and O–H groups in total. The number of hydrogen-bond donors (Lipinski definition) is 0. The van der Waals surface area contributed by atoms with Crippen LogP contribution in [0.1, 0.15) is 82.7 Å². The van der Waals surface area contributed by atoms with Gasteiger partial charge in [-0.25, -0.2) is 0 Å². The number of nitrogens with zero attached hydrogens (tertiary/aromatic N) is 2. The first-order valence-corrected chi connectivity index (χ1v) is 10.5. The lowest BCUT2D eigenvalue weighted by molar-refractivity contribution is 0.341. The summed E-state index contributed by atoms with van der Waals surface area (Å²) >= 11 is 0. The van der Waals surface area contributed by atoms with E-state index in [2.05, 4.69) is 48.2 Å². The van der Waals surface area contributed by atoms with Gasteiger partial charge in [0.2, 0.25) is 0 Å². The molecule has 25 heavy (non-hydrogen) atoms. The first-order chi connectivity index (χ1) is 12.3. The van der Waals surface area contributed by atoms with E-state index >= 15 is 0 Å². The summed E-state index contributed by atoms with van der Waals surface area (Å²) in [5.74, 6) is 0. The van der Waals surface area contributed by atoms with Crippen molar-refractivity contribution in [3.63, 3.8) is 0 Å². The van der Waals surface area contributed by atoms with Crippen LogP contribution in [-0.4, -0.2) is 12.1 Å². The van der Waals surface area contributed by atoms with Gasteiger partial charge in [0, 0.05) is 12.1 Å². The summed E-state index contributed by atoms with van der Waals surface area (Å²) in [5, 5.41) is 1.27. The van der Waals surface area contributed by atoms with E-state index in [1.54, 1.807) is 0 Å². The molecule has 4 rings (SSSR count). The second-order valence-electron chi connectivity index (χ2n) is 8.12. The van der Waals surface area contributed by atoms with Gasteiger partial charge >= 0.3 is 0 Å². The van der Waals surface area contributed by atoms with Gasteiger partial charge in [-0.15, -0.1) is 0 Å². The van der Waals surface area contributed by atoms with Gasteiger partial charge in [0.15, 0.2) is 0 Å². The van der Waals surface area contributed by atoms with Crippen molar-refractivity contribution in [1.29, 1.82) is 0 Å². The van der Waals surface area contributed by atoms with Crippen LogP contribution in [-0.2, 0) is 0 Å². The van der Waals surface area contributed by atoms with E-state index in [0.717, 1.165) is 12.1 Å². The molecule has 0 amide bonds. The minimum Gasteiger partial charge on any atom is -0.364 e. The third-order valence-corrected chi connectivity index (χ3v) is 6.28. The Labute approximate surface area is 152 Å². The van der Waals surface area contributed by atoms with E-state index in [1.807, 2.05) is 0 Å². The molecule has 0 unspecified atom stereocenters. The molecule has 0 saturated heterocycles. The fourth-order valence-corrected chi connectivity index (χ4v) is 4.83. The lowest BCUT2D eigenvalue weighted by atomic mass is 9.89. The van der Waals surface area contributed by atoms with Gasteiger partial charge in [0.25, 0.3) is 0 Å². The highest BCUT2D eigenvalue weighted by Crippen LogP contribution is 2.34. The summed E-state index contributed by atoms with van der Waals surface area (Å²) < 4.78 is 0. The maximum atomic E-state index is 5.03. The molecular weight excluding hydrogens is 304 g/mol. The summed E-state index contributed by atoms with van der Waals surface area (Å²) in [4.78, 5) is 7.85. The molecule has 2 fully saturated rings. The Morgan fingerprint density at radius 2 is 1.40 bits per heavy atom. The van der Waals surface area contributed by atoms with Gasteiger partial charge < -0.3 is 4.90 Å². The number of rotatable bonds is 5. The molecule has 0 radical (unpaired) electrons. The zero-order chi connectivity index (χ0) is 17.1. The molecule has 2 aromatic rings. The molecule has 0 spiro atoms. The van der Waals surface area contributed by atoms with Crippen molar-refractivity contribution < 1.29 is 0 Å². The van der Waals surface area contributed by atoms with Crippen LogP contribution in [0.25, 0.3) is 0 Å². The van der Waals surface area contributed by atoms with Crippen molar-refractivity contribution in [3.05, 3.63) is 47.3 Å². The van der Waals surface area contributed by atoms with Gasteiger partial charge in [0.1, 0.15) is 0 Å². The van der Waals surface area contributed by atoms with Crippen LogP contribution in [0, 0.1) is 0 Å². The van der Waals surface area contributed by atoms with Crippen LogP contribution in [0.15, 0.2) is 41.4 Å². The van der Waals surface area contributed by atoms with Gasteiger partial charge in [-0.3, -0.25) is 4.99 Å². The highest BCUT2D eigenvalue weighted by molar-refractivity contribution is 5.57. The van der Waals surface area contributed by atoms with Crippen molar-refractivity contribution in [3.8, 4) is 0 Å². The van der Waals surface area contributed by atoms with Crippen LogP contribution in [0.2, 0.25) is 0 Å². The van der Waals surface area contributed by atoms with Crippen LogP contribution in [0.5, 0.6) is 0 Å². The molecule has 0 heterocycles. The quantitative estimate of drug-likeness (QED) is 0.684. The van der Waals surface area contributed by atoms with Crippen molar-refractivity contribution in [2.45, 2.75) is 89.3 Å². The highest BCUT2D eigenvalue weighted by atomic mass is 15.2. The third kappa shape index (κ3) is 3.99. The number of benzene rings is 1. The Hall–Kier alpha value is -1.57. The SMILES string of the molecule is C[C@H](/N=c1\cc1N(C1CCCCC1)C1CCCCC1)c1ccccc1. The van der Waals surface area contributed by atoms with Crippen LogP contribution in [0.3, 0.4) is 0 Å². The molecular formula is C23H32N2. The molecule has 2 aromatic carbocycles. The molecule has 2 nitrogen and oxygen atoms in total. The predicted octanol–water partition coefficient (Wildman–Crippen LogP) is 5.70. The minimum atomic E-state index is 0.254. The summed E-state index contributed by atoms with van der Waals surface area (Å²) in [7, 11) is 0. The summed E-state index contributed by atoms with van der Waals surface area (Å²) in [6.07, 6.45) is 14.0. The lowest BCUT2D eigenvalue weighted by Crippen LogP contribution is -2.45. The van der Waals surface area contributed by atoms with Crippen molar-refractivity contribution in [2.24, 2.45) is 4.99 Å². The molecule has 0 aliphatic heterocycles. The van der Waals surface area contributed by atoms with E-state index < -0.39 is 0 Å². The Morgan fingerprint density at radius 3 is 1.96 bits per heavy atom. The molecule has 1 atom stereocenters. The minimum absolute atomic E-state index is 0.254. The first kappa shape index (κ1) is 16.9. The zero-order valence-corrected chi connectivity index (χ0v) is 15.7. The van der Waals surface area contributed by atoms with Crippen LogP contribution in [0.4, 0.5) is 5.69 Å². The van der Waals surface area contributed by atoms with E-state index in [4.69, 9.17) is 4.99 Å². The van der Waals surface area contributed by atoms with Crippen LogP contribution >= 0.6 is 0 Å². The summed E-state index contributed by atoms with van der Waals surface area (Å²) in [6.45, 7) is 2.22. The Bertz CT molecular complexity index is 650. The average molecular weight is 337 g/mol. The Balaban J connectivity index is 1.54. The standard InChI is InChI=1S/C23H32N2/c1-18(19-11-5-2-6-12-19)24-22-17-23(22)25(20-13-7-3-8-14-20)21-15-9-4-10-16-21/h2,5-6,11-12,17-18,20-21H,3-4,7-10,13-16H2,1H3/b24-22+/t18-/m0/s1. The predicted molar refractivity (Wildman–Crippen MR) is 105 cm³/mol. The second kappa shape index (κ2) is 7.76. The third-order valence-electron chi connectivity index (χ3n) is 6.28. The van der Waals surface area contributed by atoms with Crippen molar-refractivity contribution in [1.82, 2.24) is 0 Å². The van der Waals surface area contributed by atoms with Crippen LogP contribution < -0.4 is 10.3 Å². The Kier molecular flexibility index (Phi) is 5.24. The van der Waals surface area contributed by atoms with Gasteiger partial charge in [-0.1, -0.05) is 68.9 Å². The summed E-state index contributed by atoms with van der Waals surface area (Å²) in [5.41, 5.74) is 2.79. The molecule has 0 bridgehead atoms. The zero-order valence-electron chi connectivity index (χ0n) is 15.7. The molecule has 134 valence electrons. The van der Waals surface area contributed by atoms with E-state index in [9.17, 15) is 0 Å². The number of anilines is 1. The van der Waals surface area contributed by atoms with Crippen molar-refractivity contribution in [2.75, 3.05) is 4.90 Å². The summed E-state index contributed by atoms with van der Waals surface area (Å²) in [6, 6.07) is 14.8. The lowest BCUT2D eigenvalue weighted by Gasteiger charge is -2.41. The van der Waals surface area contributed by atoms with Gasteiger partial charge in [-0.2, -0.15) is 0 Å². The highest BCUT2D eigenvalue weighted by Gasteiger charge is 2.32. The maximum absolute atomic E-state index is 5.03. The molecule has 2 aliphatic carbocycles. The smallest absolute Gasteiger partial charge is 0.0837 e. The van der Waals surface area contributed by atoms with Gasteiger partial charge in [-0.05, 0) is 44.2 Å². The van der Waals surface area contributed by atoms with E-state index in [-0.39, 0.29) is 6.04 Å². The first-order valence-electron chi connectivity index (χ1n) is 10.5. The average Bonchev–Trinajstić information content (AvgIpc) is 3.43. The fraction of sp³-hybridized carbons (Fsp3) is 0.609. The largest absolute Gasteiger partial charge is 0.364 e. The second-order valence-corrected chi connectivity index (χ2v) is 8.12. The Morgan fingerprint density at radius 1 is 0.840 bits per heavy atom. The topological polar surface area (TPSA) is 15.6 Å². The monoisotopic (exact) mass is 336 g/mol. The molecule has 2 saturated carbocycles. The normalized spacial score (nSPS) is 22.4. The maximum Gasteiger partial charge on any atom is 0.0837 e. The molecule has 0 aromatic heterocycles. The molecule has 2 aliphatic rings. The van der Waals surface area contributed by atoms with Gasteiger partial charge in [0.05, 0.1) is 17.1 Å². The molecule has 2 heteroatoms. The van der Waals surface area contributed by atoms with Crippen molar-refractivity contribution >= 4 is 5.69 Å². The van der Waals surface area contributed by atoms with E-state index in [1.165, 1.54) is 80.8 Å². The fourth-order valence-electron chi connectivity index (χ4n) is 4.83.